The van der Waals surface area contributed by atoms with Crippen molar-refractivity contribution >= 4 is 51.4 Å². The fourth-order valence-electron chi connectivity index (χ4n) is 3.64. The summed E-state index contributed by atoms with van der Waals surface area (Å²) in [6.07, 6.45) is 0.690. The number of ether oxygens (including phenoxy) is 1. The Bertz CT molecular complexity index is 1050. The van der Waals surface area contributed by atoms with Gasteiger partial charge in [0.05, 0.1) is 22.7 Å². The molecule has 0 spiro atoms. The lowest BCUT2D eigenvalue weighted by Gasteiger charge is -2.17. The molecule has 2 aliphatic heterocycles. The van der Waals surface area contributed by atoms with Gasteiger partial charge in [-0.05, 0) is 25.0 Å². The summed E-state index contributed by atoms with van der Waals surface area (Å²) in [6, 6.07) is 15.7. The van der Waals surface area contributed by atoms with E-state index in [0.29, 0.717) is 40.9 Å². The number of hydrogen-bond donors (Lipinski definition) is 0. The molecule has 2 heterocycles. The van der Waals surface area contributed by atoms with Crippen molar-refractivity contribution in [3.05, 3.63) is 70.1 Å². The number of thiocarbonyl (C=S) groups is 1. The fourth-order valence-corrected chi connectivity index (χ4v) is 5.02. The highest BCUT2D eigenvalue weighted by Crippen LogP contribution is 2.45. The molecular formula is C23H22N2O3S2. The lowest BCUT2D eigenvalue weighted by atomic mass is 10.1. The minimum absolute atomic E-state index is 0.158. The fraction of sp³-hybridized carbons (Fsp3) is 0.261. The van der Waals surface area contributed by atoms with Gasteiger partial charge in [-0.1, -0.05) is 72.0 Å². The number of para-hydroxylation sites is 1. The number of rotatable bonds is 6. The first-order valence-electron chi connectivity index (χ1n) is 9.75. The normalized spacial score (nSPS) is 18.5. The van der Waals surface area contributed by atoms with Crippen LogP contribution in [0.5, 0.6) is 0 Å². The number of thioether (sulfide) groups is 1. The van der Waals surface area contributed by atoms with Gasteiger partial charge in [0, 0.05) is 25.8 Å². The summed E-state index contributed by atoms with van der Waals surface area (Å²) in [5.74, 6) is -0.356. The van der Waals surface area contributed by atoms with E-state index in [-0.39, 0.29) is 11.8 Å². The quantitative estimate of drug-likeness (QED) is 0.385. The molecule has 4 rings (SSSR count). The van der Waals surface area contributed by atoms with Crippen LogP contribution in [-0.2, 0) is 20.9 Å². The summed E-state index contributed by atoms with van der Waals surface area (Å²) in [4.78, 5) is 30.3. The van der Waals surface area contributed by atoms with Gasteiger partial charge in [-0.3, -0.25) is 14.5 Å². The van der Waals surface area contributed by atoms with Gasteiger partial charge >= 0.3 is 0 Å². The molecule has 7 heteroatoms. The van der Waals surface area contributed by atoms with E-state index in [0.717, 1.165) is 16.8 Å². The Hall–Kier alpha value is -2.48. The predicted octanol–water partition coefficient (Wildman–Crippen LogP) is 4.15. The molecule has 0 aliphatic carbocycles. The second-order valence-corrected chi connectivity index (χ2v) is 8.91. The van der Waals surface area contributed by atoms with Gasteiger partial charge in [0.15, 0.2) is 0 Å². The van der Waals surface area contributed by atoms with Crippen LogP contribution >= 0.6 is 24.0 Å². The number of hydrogen-bond acceptors (Lipinski definition) is 5. The SMILES string of the molecule is COCCCN1C(=O)C(=C2C(=O)N(Cc3ccc(C)cc3)c3ccccc32)SC1=S. The maximum Gasteiger partial charge on any atom is 0.267 e. The van der Waals surface area contributed by atoms with E-state index >= 15 is 0 Å². The van der Waals surface area contributed by atoms with E-state index in [4.69, 9.17) is 17.0 Å². The average Bonchev–Trinajstić information content (AvgIpc) is 3.17. The van der Waals surface area contributed by atoms with E-state index in [1.54, 1.807) is 16.9 Å². The van der Waals surface area contributed by atoms with Gasteiger partial charge in [0.2, 0.25) is 0 Å². The van der Waals surface area contributed by atoms with Crippen molar-refractivity contribution in [2.45, 2.75) is 19.9 Å². The molecule has 0 atom stereocenters. The van der Waals surface area contributed by atoms with Crippen LogP contribution in [0.4, 0.5) is 5.69 Å². The zero-order valence-corrected chi connectivity index (χ0v) is 18.5. The topological polar surface area (TPSA) is 49.9 Å². The van der Waals surface area contributed by atoms with Gasteiger partial charge < -0.3 is 9.64 Å². The van der Waals surface area contributed by atoms with Crippen LogP contribution < -0.4 is 4.90 Å². The van der Waals surface area contributed by atoms with Crippen molar-refractivity contribution in [2.24, 2.45) is 0 Å². The maximum atomic E-state index is 13.5. The van der Waals surface area contributed by atoms with E-state index in [2.05, 4.69) is 0 Å². The summed E-state index contributed by atoms with van der Waals surface area (Å²) in [5.41, 5.74) is 4.26. The van der Waals surface area contributed by atoms with Gasteiger partial charge in [-0.2, -0.15) is 0 Å². The third-order valence-corrected chi connectivity index (χ3v) is 6.64. The largest absolute Gasteiger partial charge is 0.385 e. The molecule has 1 saturated heterocycles. The van der Waals surface area contributed by atoms with Crippen molar-refractivity contribution in [2.75, 3.05) is 25.2 Å². The van der Waals surface area contributed by atoms with Crippen molar-refractivity contribution in [3.8, 4) is 0 Å². The van der Waals surface area contributed by atoms with Crippen molar-refractivity contribution in [3.63, 3.8) is 0 Å². The van der Waals surface area contributed by atoms with E-state index in [9.17, 15) is 9.59 Å². The number of anilines is 1. The molecule has 0 radical (unpaired) electrons. The van der Waals surface area contributed by atoms with Gasteiger partial charge in [-0.15, -0.1) is 0 Å². The van der Waals surface area contributed by atoms with E-state index in [1.807, 2.05) is 55.5 Å². The molecule has 1 fully saturated rings. The molecule has 5 nitrogen and oxygen atoms in total. The molecule has 154 valence electrons. The van der Waals surface area contributed by atoms with Crippen LogP contribution in [0.1, 0.15) is 23.1 Å². The number of aryl methyl sites for hydroxylation is 1. The van der Waals surface area contributed by atoms with E-state index < -0.39 is 0 Å². The summed E-state index contributed by atoms with van der Waals surface area (Å²) < 4.78 is 5.57. The average molecular weight is 439 g/mol. The van der Waals surface area contributed by atoms with E-state index in [1.165, 1.54) is 17.3 Å². The predicted molar refractivity (Wildman–Crippen MR) is 124 cm³/mol. The molecule has 0 bridgehead atoms. The first kappa shape index (κ1) is 20.8. The Balaban J connectivity index is 1.69. The first-order chi connectivity index (χ1) is 14.5. The summed E-state index contributed by atoms with van der Waals surface area (Å²) >= 11 is 6.65. The molecule has 0 saturated carbocycles. The first-order valence-corrected chi connectivity index (χ1v) is 11.0. The summed E-state index contributed by atoms with van der Waals surface area (Å²) in [6.45, 7) is 3.52. The maximum absolute atomic E-state index is 13.5. The second-order valence-electron chi connectivity index (χ2n) is 7.27. The highest BCUT2D eigenvalue weighted by molar-refractivity contribution is 8.26. The van der Waals surface area contributed by atoms with Crippen LogP contribution in [0.3, 0.4) is 0 Å². The molecule has 0 aromatic heterocycles. The Kier molecular flexibility index (Phi) is 6.04. The molecule has 2 amide bonds. The van der Waals surface area contributed by atoms with Crippen molar-refractivity contribution < 1.29 is 14.3 Å². The Morgan fingerprint density at radius 2 is 1.73 bits per heavy atom. The zero-order valence-electron chi connectivity index (χ0n) is 16.9. The zero-order chi connectivity index (χ0) is 21.3. The minimum Gasteiger partial charge on any atom is -0.385 e. The molecule has 2 aromatic carbocycles. The lowest BCUT2D eigenvalue weighted by molar-refractivity contribution is -0.122. The summed E-state index contributed by atoms with van der Waals surface area (Å²) in [5, 5.41) is 0. The van der Waals surface area contributed by atoms with Crippen LogP contribution in [0, 0.1) is 6.92 Å². The number of methoxy groups -OCH3 is 1. The monoisotopic (exact) mass is 438 g/mol. The second kappa shape index (κ2) is 8.71. The van der Waals surface area contributed by atoms with Crippen molar-refractivity contribution in [1.82, 2.24) is 4.90 Å². The number of fused-ring (bicyclic) bond motifs is 1. The third kappa shape index (κ3) is 3.80. The third-order valence-electron chi connectivity index (χ3n) is 5.19. The van der Waals surface area contributed by atoms with Gasteiger partial charge in [0.1, 0.15) is 4.32 Å². The number of benzene rings is 2. The molecule has 2 aromatic rings. The van der Waals surface area contributed by atoms with Crippen molar-refractivity contribution in [1.29, 1.82) is 0 Å². The Morgan fingerprint density at radius 3 is 2.47 bits per heavy atom. The molecule has 0 N–H and O–H groups in total. The highest BCUT2D eigenvalue weighted by Gasteiger charge is 2.41. The lowest BCUT2D eigenvalue weighted by Crippen LogP contribution is -2.30. The Morgan fingerprint density at radius 1 is 1.00 bits per heavy atom. The molecule has 30 heavy (non-hydrogen) atoms. The summed E-state index contributed by atoms with van der Waals surface area (Å²) in [7, 11) is 1.63. The number of carbonyl (C=O) groups is 2. The smallest absolute Gasteiger partial charge is 0.267 e. The van der Waals surface area contributed by atoms with Crippen LogP contribution in [0.15, 0.2) is 53.4 Å². The number of amides is 2. The molecule has 0 unspecified atom stereocenters. The number of nitrogens with zero attached hydrogens (tertiary/aromatic N) is 2. The van der Waals surface area contributed by atoms with Crippen LogP contribution in [0.25, 0.3) is 5.57 Å². The van der Waals surface area contributed by atoms with Gasteiger partial charge in [0.25, 0.3) is 11.8 Å². The molecular weight excluding hydrogens is 416 g/mol. The van der Waals surface area contributed by atoms with Crippen LogP contribution in [-0.4, -0.2) is 41.3 Å². The highest BCUT2D eigenvalue weighted by atomic mass is 32.2. The standard InChI is InChI=1S/C23H22N2O3S2/c1-15-8-10-16(11-9-15)14-25-18-7-4-3-6-17(18)19(21(25)26)20-22(27)24(23(29)30-20)12-5-13-28-2/h3-4,6-11H,5,12-14H2,1-2H3. The minimum atomic E-state index is -0.198. The van der Waals surface area contributed by atoms with Gasteiger partial charge in [-0.25, -0.2) is 0 Å². The Labute approximate surface area is 185 Å². The number of carbonyl (C=O) groups excluding carboxylic acids is 2. The molecule has 2 aliphatic rings. The van der Waals surface area contributed by atoms with Crippen LogP contribution in [0.2, 0.25) is 0 Å².